The number of imide groups is 1. The van der Waals surface area contributed by atoms with Gasteiger partial charge in [0.15, 0.2) is 0 Å². The fourth-order valence-electron chi connectivity index (χ4n) is 4.30. The molecule has 4 amide bonds. The van der Waals surface area contributed by atoms with E-state index in [1.54, 1.807) is 24.1 Å². The number of rotatable bonds is 6. The summed E-state index contributed by atoms with van der Waals surface area (Å²) >= 11 is 7.40. The number of hydrogen-bond donors (Lipinski definition) is 3. The van der Waals surface area contributed by atoms with Crippen molar-refractivity contribution in [1.82, 2.24) is 25.8 Å². The molecule has 3 N–H and O–H groups in total. The molecule has 4 rings (SSSR count). The molecule has 0 saturated carbocycles. The summed E-state index contributed by atoms with van der Waals surface area (Å²) in [6, 6.07) is 7.01. The van der Waals surface area contributed by atoms with E-state index in [0.717, 1.165) is 29.9 Å². The highest BCUT2D eigenvalue weighted by Gasteiger charge is 2.51. The molecule has 0 spiro atoms. The maximum absolute atomic E-state index is 13.0. The summed E-state index contributed by atoms with van der Waals surface area (Å²) in [5.41, 5.74) is 0.925. The third-order valence-electron chi connectivity index (χ3n) is 6.10. The highest BCUT2D eigenvalue weighted by Crippen LogP contribution is 2.34. The van der Waals surface area contributed by atoms with Crippen LogP contribution in [0.1, 0.15) is 24.6 Å². The third kappa shape index (κ3) is 4.89. The minimum absolute atomic E-state index is 0.0767. The van der Waals surface area contributed by atoms with Crippen molar-refractivity contribution in [3.63, 3.8) is 0 Å². The highest BCUT2D eigenvalue weighted by atomic mass is 35.5. The van der Waals surface area contributed by atoms with Crippen LogP contribution < -0.4 is 16.0 Å². The molecule has 3 fully saturated rings. The second kappa shape index (κ2) is 9.96. The zero-order chi connectivity index (χ0) is 22.8. The van der Waals surface area contributed by atoms with Gasteiger partial charge in [0.2, 0.25) is 11.8 Å². The van der Waals surface area contributed by atoms with Crippen LogP contribution in [-0.2, 0) is 14.3 Å². The molecule has 3 saturated heterocycles. The van der Waals surface area contributed by atoms with Crippen LogP contribution in [0.4, 0.5) is 4.79 Å². The van der Waals surface area contributed by atoms with E-state index in [1.807, 2.05) is 12.1 Å². The van der Waals surface area contributed by atoms with Crippen molar-refractivity contribution in [2.75, 3.05) is 33.0 Å². The molecule has 9 nitrogen and oxygen atoms in total. The number of nitrogens with one attached hydrogen (secondary N) is 3. The summed E-state index contributed by atoms with van der Waals surface area (Å²) in [7, 11) is 3.16. The number of urea groups is 1. The van der Waals surface area contributed by atoms with E-state index in [9.17, 15) is 14.4 Å². The van der Waals surface area contributed by atoms with E-state index < -0.39 is 12.1 Å². The summed E-state index contributed by atoms with van der Waals surface area (Å²) in [4.78, 5) is 40.7. The van der Waals surface area contributed by atoms with Gasteiger partial charge in [0, 0.05) is 32.3 Å². The van der Waals surface area contributed by atoms with Gasteiger partial charge in [-0.15, -0.1) is 11.8 Å². The number of carbonyl (C=O) groups excluding carboxylic acids is 3. The van der Waals surface area contributed by atoms with Gasteiger partial charge < -0.3 is 15.0 Å². The number of amides is 4. The second-order valence-corrected chi connectivity index (χ2v) is 9.82. The first kappa shape index (κ1) is 23.3. The molecule has 0 bridgehead atoms. The van der Waals surface area contributed by atoms with Gasteiger partial charge in [-0.3, -0.25) is 25.1 Å². The van der Waals surface area contributed by atoms with Gasteiger partial charge in [0.05, 0.1) is 35.5 Å². The standard InChI is InChI=1S/C21H28ClN5O4S/c1-26-18-16(20(29)27(2)21(26)30)19(25-17(24-18)12-5-7-13(22)8-6-12)32-11-15(28)23-10-14-4-3-9-31-14/h5-8,14,16-19,24-25H,3-4,9-11H2,1-2H3,(H,23,28). The lowest BCUT2D eigenvalue weighted by molar-refractivity contribution is -0.140. The van der Waals surface area contributed by atoms with Crippen molar-refractivity contribution >= 4 is 41.2 Å². The summed E-state index contributed by atoms with van der Waals surface area (Å²) in [5.74, 6) is -0.728. The van der Waals surface area contributed by atoms with E-state index in [0.29, 0.717) is 11.6 Å². The van der Waals surface area contributed by atoms with E-state index >= 15 is 0 Å². The van der Waals surface area contributed by atoms with E-state index in [2.05, 4.69) is 16.0 Å². The van der Waals surface area contributed by atoms with Crippen LogP contribution >= 0.6 is 23.4 Å². The van der Waals surface area contributed by atoms with Gasteiger partial charge in [-0.2, -0.15) is 0 Å². The number of halogens is 1. The number of hydrogen-bond acceptors (Lipinski definition) is 7. The van der Waals surface area contributed by atoms with Gasteiger partial charge in [-0.25, -0.2) is 4.79 Å². The van der Waals surface area contributed by atoms with Gasteiger partial charge in [-0.05, 0) is 30.5 Å². The van der Waals surface area contributed by atoms with Crippen molar-refractivity contribution in [3.05, 3.63) is 34.9 Å². The van der Waals surface area contributed by atoms with Gasteiger partial charge >= 0.3 is 6.03 Å². The van der Waals surface area contributed by atoms with Crippen molar-refractivity contribution < 1.29 is 19.1 Å². The average Bonchev–Trinajstić information content (AvgIpc) is 3.32. The molecule has 1 aromatic rings. The number of fused-ring (bicyclic) bond motifs is 1. The predicted molar refractivity (Wildman–Crippen MR) is 122 cm³/mol. The molecule has 11 heteroatoms. The van der Waals surface area contributed by atoms with E-state index in [-0.39, 0.29) is 41.2 Å². The summed E-state index contributed by atoms with van der Waals surface area (Å²) in [5, 5.41) is 9.99. The second-order valence-electron chi connectivity index (χ2n) is 8.25. The molecule has 1 aromatic carbocycles. The Hall–Kier alpha value is -1.85. The van der Waals surface area contributed by atoms with Crippen molar-refractivity contribution in [2.24, 2.45) is 5.92 Å². The molecule has 3 aliphatic heterocycles. The Balaban J connectivity index is 1.47. The maximum Gasteiger partial charge on any atom is 0.327 e. The monoisotopic (exact) mass is 481 g/mol. The molecule has 5 atom stereocenters. The van der Waals surface area contributed by atoms with Gasteiger partial charge in [-0.1, -0.05) is 23.7 Å². The lowest BCUT2D eigenvalue weighted by atomic mass is 9.96. The summed E-state index contributed by atoms with van der Waals surface area (Å²) < 4.78 is 5.55. The summed E-state index contributed by atoms with van der Waals surface area (Å²) in [6.45, 7) is 1.24. The van der Waals surface area contributed by atoms with E-state index in [1.165, 1.54) is 18.8 Å². The molecule has 174 valence electrons. The van der Waals surface area contributed by atoms with Crippen LogP contribution in [-0.4, -0.2) is 78.3 Å². The Morgan fingerprint density at radius 1 is 1.25 bits per heavy atom. The first-order valence-electron chi connectivity index (χ1n) is 10.7. The molecule has 5 unspecified atom stereocenters. The number of ether oxygens (including phenoxy) is 1. The SMILES string of the molecule is CN1C(=O)C2C(SCC(=O)NCC3CCCO3)NC(c3ccc(Cl)cc3)NC2N(C)C1=O. The zero-order valence-corrected chi connectivity index (χ0v) is 19.6. The first-order chi connectivity index (χ1) is 15.3. The zero-order valence-electron chi connectivity index (χ0n) is 18.0. The highest BCUT2D eigenvalue weighted by molar-refractivity contribution is 8.00. The van der Waals surface area contributed by atoms with E-state index in [4.69, 9.17) is 16.3 Å². The Kier molecular flexibility index (Phi) is 7.26. The normalized spacial score (nSPS) is 30.4. The largest absolute Gasteiger partial charge is 0.376 e. The van der Waals surface area contributed by atoms with Gasteiger partial charge in [0.25, 0.3) is 0 Å². The van der Waals surface area contributed by atoms with Crippen LogP contribution in [0.15, 0.2) is 24.3 Å². The average molecular weight is 482 g/mol. The minimum atomic E-state index is -0.540. The van der Waals surface area contributed by atoms with Crippen LogP contribution in [0, 0.1) is 5.92 Å². The topological polar surface area (TPSA) is 103 Å². The fraction of sp³-hybridized carbons (Fsp3) is 0.571. The Morgan fingerprint density at radius 2 is 2.00 bits per heavy atom. The van der Waals surface area contributed by atoms with Crippen molar-refractivity contribution in [1.29, 1.82) is 0 Å². The smallest absolute Gasteiger partial charge is 0.327 e. The summed E-state index contributed by atoms with van der Waals surface area (Å²) in [6.07, 6.45) is 1.24. The lowest BCUT2D eigenvalue weighted by Gasteiger charge is -2.50. The molecule has 3 aliphatic rings. The molecule has 32 heavy (non-hydrogen) atoms. The van der Waals surface area contributed by atoms with Crippen LogP contribution in [0.25, 0.3) is 0 Å². The Morgan fingerprint density at radius 3 is 2.69 bits per heavy atom. The number of thioether (sulfide) groups is 1. The number of benzene rings is 1. The van der Waals surface area contributed by atoms with Gasteiger partial charge in [0.1, 0.15) is 0 Å². The number of carbonyl (C=O) groups is 3. The Labute approximate surface area is 196 Å². The molecular weight excluding hydrogens is 454 g/mol. The lowest BCUT2D eigenvalue weighted by Crippen LogP contribution is -2.72. The molecular formula is C21H28ClN5O4S. The predicted octanol–water partition coefficient (Wildman–Crippen LogP) is 1.35. The molecule has 0 radical (unpaired) electrons. The van der Waals surface area contributed by atoms with Crippen LogP contribution in [0.3, 0.4) is 0 Å². The third-order valence-corrected chi connectivity index (χ3v) is 7.57. The molecule has 0 aromatic heterocycles. The Bertz CT molecular complexity index is 866. The quantitative estimate of drug-likeness (QED) is 0.563. The minimum Gasteiger partial charge on any atom is -0.376 e. The first-order valence-corrected chi connectivity index (χ1v) is 12.1. The molecule has 3 heterocycles. The van der Waals surface area contributed by atoms with Crippen LogP contribution in [0.5, 0.6) is 0 Å². The molecule has 0 aliphatic carbocycles. The van der Waals surface area contributed by atoms with Crippen molar-refractivity contribution in [2.45, 2.75) is 36.7 Å². The van der Waals surface area contributed by atoms with Crippen molar-refractivity contribution in [3.8, 4) is 0 Å². The number of nitrogens with zero attached hydrogens (tertiary/aromatic N) is 2. The maximum atomic E-state index is 13.0. The van der Waals surface area contributed by atoms with Crippen LogP contribution in [0.2, 0.25) is 5.02 Å². The fourth-order valence-corrected chi connectivity index (χ4v) is 5.56.